The molecule has 0 spiro atoms. The van der Waals surface area contributed by atoms with Gasteiger partial charge in [-0.1, -0.05) is 24.3 Å². The monoisotopic (exact) mass is 333 g/mol. The number of hydrogen-bond acceptors (Lipinski definition) is 6. The molecule has 0 aliphatic carbocycles. The molecule has 0 unspecified atom stereocenters. The fourth-order valence-corrected chi connectivity index (χ4v) is 3.45. The molecule has 0 aromatic heterocycles. The second-order valence-corrected chi connectivity index (χ2v) is 7.53. The average molecular weight is 333 g/mol. The lowest BCUT2D eigenvalue weighted by Gasteiger charge is -2.26. The Morgan fingerprint density at radius 3 is 2.35 bits per heavy atom. The van der Waals surface area contributed by atoms with Crippen LogP contribution in [-0.2, 0) is 19.7 Å². The largest absolute Gasteiger partial charge is 0.630 e. The molecule has 0 saturated carbocycles. The molecule has 2 aromatic carbocycles. The summed E-state index contributed by atoms with van der Waals surface area (Å²) in [6.45, 7) is 0. The first-order valence-corrected chi connectivity index (χ1v) is 8.91. The molecule has 0 fully saturated rings. The van der Waals surface area contributed by atoms with E-state index >= 15 is 0 Å². The van der Waals surface area contributed by atoms with Gasteiger partial charge >= 0.3 is 8.97 Å². The highest BCUT2D eigenvalue weighted by molar-refractivity contribution is 6.57. The first-order valence-electron chi connectivity index (χ1n) is 7.18. The summed E-state index contributed by atoms with van der Waals surface area (Å²) in [4.78, 5) is 5.71. The molecule has 0 bridgehead atoms. The number of benzene rings is 2. The molecule has 2 aromatic rings. The smallest absolute Gasteiger partial charge is 0.457 e. The van der Waals surface area contributed by atoms with Crippen molar-refractivity contribution in [3.05, 3.63) is 53.6 Å². The lowest BCUT2D eigenvalue weighted by atomic mass is 10.00. The van der Waals surface area contributed by atoms with E-state index in [9.17, 15) is 0 Å². The maximum absolute atomic E-state index is 5.94. The van der Waals surface area contributed by atoms with E-state index in [1.165, 1.54) is 21.3 Å². The van der Waals surface area contributed by atoms with Crippen molar-refractivity contribution < 1.29 is 22.9 Å². The molecule has 7 heteroatoms. The minimum absolute atomic E-state index is 0.653. The van der Waals surface area contributed by atoms with Gasteiger partial charge in [-0.25, -0.2) is 0 Å². The summed E-state index contributed by atoms with van der Waals surface area (Å²) >= 11 is 0. The highest BCUT2D eigenvalue weighted by Gasteiger charge is 2.41. The van der Waals surface area contributed by atoms with Gasteiger partial charge < -0.3 is 22.9 Å². The van der Waals surface area contributed by atoms with Gasteiger partial charge in [0, 0.05) is 33.3 Å². The molecule has 0 radical (unpaired) electrons. The molecule has 3 rings (SSSR count). The van der Waals surface area contributed by atoms with Crippen molar-refractivity contribution in [1.82, 2.24) is 5.15 Å². The fourth-order valence-electron chi connectivity index (χ4n) is 2.46. The molecule has 0 atom stereocenters. The van der Waals surface area contributed by atoms with E-state index in [4.69, 9.17) is 22.9 Å². The first-order chi connectivity index (χ1) is 11.2. The lowest BCUT2D eigenvalue weighted by molar-refractivity contribution is 0.0599. The van der Waals surface area contributed by atoms with Gasteiger partial charge in [-0.2, -0.15) is 0 Å². The third kappa shape index (κ3) is 3.10. The van der Waals surface area contributed by atoms with E-state index in [2.05, 4.69) is 5.15 Å². The molecular weight excluding hydrogens is 314 g/mol. The predicted molar refractivity (Wildman–Crippen MR) is 86.3 cm³/mol. The van der Waals surface area contributed by atoms with E-state index in [0.29, 0.717) is 5.75 Å². The highest BCUT2D eigenvalue weighted by Crippen LogP contribution is 2.40. The van der Waals surface area contributed by atoms with Crippen molar-refractivity contribution in [1.29, 1.82) is 0 Å². The van der Waals surface area contributed by atoms with Crippen molar-refractivity contribution in [2.24, 2.45) is 0 Å². The molecule has 23 heavy (non-hydrogen) atoms. The summed E-state index contributed by atoms with van der Waals surface area (Å²) in [5, 5.41) is 2.79. The van der Waals surface area contributed by atoms with E-state index in [0.717, 1.165) is 29.0 Å². The van der Waals surface area contributed by atoms with Crippen LogP contribution in [0.15, 0.2) is 42.5 Å². The Morgan fingerprint density at radius 1 is 0.913 bits per heavy atom. The van der Waals surface area contributed by atoms with Crippen LogP contribution in [0.25, 0.3) is 0 Å². The van der Waals surface area contributed by atoms with E-state index < -0.39 is 8.97 Å². The van der Waals surface area contributed by atoms with Crippen LogP contribution in [0.5, 0.6) is 17.2 Å². The Labute approximate surface area is 136 Å². The summed E-state index contributed by atoms with van der Waals surface area (Å²) < 4.78 is 21.8. The third-order valence-electron chi connectivity index (χ3n) is 3.74. The van der Waals surface area contributed by atoms with Gasteiger partial charge in [0.25, 0.3) is 0 Å². The van der Waals surface area contributed by atoms with Crippen LogP contribution in [0.3, 0.4) is 0 Å². The summed E-state index contributed by atoms with van der Waals surface area (Å²) in [5.74, 6) is 2.31. The SMILES string of the molecule is CO[Si](NOc1cccc2c1Cc1ccccc1O2)(OC)OC. The molecule has 1 heterocycles. The van der Waals surface area contributed by atoms with Crippen LogP contribution in [0, 0.1) is 0 Å². The highest BCUT2D eigenvalue weighted by atomic mass is 28.4. The minimum atomic E-state index is -3.03. The van der Waals surface area contributed by atoms with Crippen molar-refractivity contribution in [3.63, 3.8) is 0 Å². The molecule has 0 amide bonds. The first kappa shape index (κ1) is 16.0. The summed E-state index contributed by atoms with van der Waals surface area (Å²) in [6.07, 6.45) is 0.727. The predicted octanol–water partition coefficient (Wildman–Crippen LogP) is 2.64. The number of nitrogens with one attached hydrogen (secondary N) is 1. The minimum Gasteiger partial charge on any atom is -0.457 e. The summed E-state index contributed by atoms with van der Waals surface area (Å²) in [5.41, 5.74) is 2.08. The van der Waals surface area contributed by atoms with Crippen LogP contribution >= 0.6 is 0 Å². The Hall–Kier alpha value is -1.90. The fraction of sp³-hybridized carbons (Fsp3) is 0.250. The second kappa shape index (κ2) is 6.69. The zero-order valence-corrected chi connectivity index (χ0v) is 14.3. The Balaban J connectivity index is 1.84. The van der Waals surface area contributed by atoms with Crippen molar-refractivity contribution in [2.75, 3.05) is 21.3 Å². The van der Waals surface area contributed by atoms with Crippen molar-refractivity contribution in [3.8, 4) is 17.2 Å². The zero-order chi connectivity index (χ0) is 16.3. The topological polar surface area (TPSA) is 58.2 Å². The van der Waals surface area contributed by atoms with E-state index in [-0.39, 0.29) is 0 Å². The van der Waals surface area contributed by atoms with Crippen molar-refractivity contribution >= 4 is 8.97 Å². The molecular formula is C16H19NO5Si. The maximum Gasteiger partial charge on any atom is 0.630 e. The van der Waals surface area contributed by atoms with Crippen LogP contribution in [0.1, 0.15) is 11.1 Å². The maximum atomic E-state index is 5.94. The molecule has 1 N–H and O–H groups in total. The van der Waals surface area contributed by atoms with Crippen LogP contribution in [-0.4, -0.2) is 30.3 Å². The number of para-hydroxylation sites is 1. The van der Waals surface area contributed by atoms with E-state index in [1.807, 2.05) is 42.5 Å². The number of hydrogen-bond donors (Lipinski definition) is 1. The van der Waals surface area contributed by atoms with Gasteiger partial charge in [-0.3, -0.25) is 0 Å². The van der Waals surface area contributed by atoms with Gasteiger partial charge in [0.15, 0.2) is 5.75 Å². The molecule has 1 aliphatic rings. The number of ether oxygens (including phenoxy) is 1. The van der Waals surface area contributed by atoms with Crippen LogP contribution in [0.4, 0.5) is 0 Å². The van der Waals surface area contributed by atoms with Crippen LogP contribution < -0.4 is 14.7 Å². The normalized spacial score (nSPS) is 13.0. The number of fused-ring (bicyclic) bond motifs is 2. The summed E-state index contributed by atoms with van der Waals surface area (Å²) in [7, 11) is 1.50. The number of rotatable bonds is 6. The quantitative estimate of drug-likeness (QED) is 0.553. The lowest BCUT2D eigenvalue weighted by Crippen LogP contribution is -2.58. The third-order valence-corrected chi connectivity index (χ3v) is 5.71. The van der Waals surface area contributed by atoms with Crippen LogP contribution in [0.2, 0.25) is 0 Å². The molecule has 0 saturated heterocycles. The van der Waals surface area contributed by atoms with Gasteiger partial charge in [0.05, 0.1) is 0 Å². The van der Waals surface area contributed by atoms with Gasteiger partial charge in [0.2, 0.25) is 0 Å². The molecule has 6 nitrogen and oxygen atoms in total. The standard InChI is InChI=1S/C16H19NO5Si/c1-18-23(19-2,20-3)17-22-16-10-6-9-15-13(16)11-12-7-4-5-8-14(12)21-15/h4-10,17H,11H2,1-3H3. The van der Waals surface area contributed by atoms with Crippen molar-refractivity contribution in [2.45, 2.75) is 6.42 Å². The van der Waals surface area contributed by atoms with Gasteiger partial charge in [0.1, 0.15) is 11.5 Å². The molecule has 1 aliphatic heterocycles. The van der Waals surface area contributed by atoms with Gasteiger partial charge in [-0.15, -0.1) is 5.15 Å². The molecule has 122 valence electrons. The van der Waals surface area contributed by atoms with Gasteiger partial charge in [-0.05, 0) is 23.8 Å². The Morgan fingerprint density at radius 2 is 1.61 bits per heavy atom. The summed E-state index contributed by atoms with van der Waals surface area (Å²) in [6, 6.07) is 13.6. The Bertz CT molecular complexity index is 682. The average Bonchev–Trinajstić information content (AvgIpc) is 2.61. The Kier molecular flexibility index (Phi) is 4.65. The second-order valence-electron chi connectivity index (χ2n) is 4.99. The zero-order valence-electron chi connectivity index (χ0n) is 13.3. The van der Waals surface area contributed by atoms with E-state index in [1.54, 1.807) is 0 Å².